The van der Waals surface area contributed by atoms with Crippen LogP contribution in [0.3, 0.4) is 0 Å². The number of carbonyl (C=O) groups is 4. The molecule has 0 radical (unpaired) electrons. The summed E-state index contributed by atoms with van der Waals surface area (Å²) in [5.74, 6) is -6.85. The van der Waals surface area contributed by atoms with Gasteiger partial charge in [0.1, 0.15) is 0 Å². The molecule has 0 aromatic heterocycles. The van der Waals surface area contributed by atoms with Gasteiger partial charge in [-0.05, 0) is 85.0 Å². The molecular formula is C32H23Br2FN2O5. The standard InChI is InChI=1S/C32H23Br2FN2O5/c33-16-2-6-18(7-3-16)36-29(39)21-11-10-20-22(27(21)31(36)41)14-23-28(26(20)15-1-12-25(38)24(35)13-15)32(42)37(30(23)40)19-8-4-17(34)5-9-19/h1-10,12-13,21-23,26-28,38H,11,14H2. The van der Waals surface area contributed by atoms with Gasteiger partial charge in [-0.2, -0.15) is 0 Å². The molecular weight excluding hydrogens is 671 g/mol. The van der Waals surface area contributed by atoms with E-state index in [0.717, 1.165) is 14.5 Å². The number of carbonyl (C=O) groups excluding carboxylic acids is 4. The van der Waals surface area contributed by atoms with Gasteiger partial charge in [0.25, 0.3) is 0 Å². The smallest absolute Gasteiger partial charge is 0.238 e. The molecule has 7 rings (SSSR count). The first kappa shape index (κ1) is 27.2. The number of anilines is 2. The number of allylic oxidation sites excluding steroid dienone is 2. The predicted molar refractivity (Wildman–Crippen MR) is 159 cm³/mol. The third kappa shape index (κ3) is 4.02. The van der Waals surface area contributed by atoms with Crippen LogP contribution in [0.2, 0.25) is 0 Å². The monoisotopic (exact) mass is 692 g/mol. The SMILES string of the molecule is O=C1C2CC=C3C(CC4C(=O)N(c5ccc(Br)cc5)C(=O)C4C3c3ccc(O)c(F)c3)C2C(=O)N1c1ccc(Br)cc1. The van der Waals surface area contributed by atoms with Crippen LogP contribution in [0.25, 0.3) is 0 Å². The summed E-state index contributed by atoms with van der Waals surface area (Å²) in [6.07, 6.45) is 2.43. The minimum atomic E-state index is -0.837. The predicted octanol–water partition coefficient (Wildman–Crippen LogP) is 6.10. The number of benzene rings is 3. The van der Waals surface area contributed by atoms with E-state index in [0.29, 0.717) is 23.4 Å². The van der Waals surface area contributed by atoms with Crippen molar-refractivity contribution < 1.29 is 28.7 Å². The minimum Gasteiger partial charge on any atom is -0.505 e. The number of rotatable bonds is 3. The first-order valence-electron chi connectivity index (χ1n) is 13.6. The van der Waals surface area contributed by atoms with Gasteiger partial charge >= 0.3 is 0 Å². The van der Waals surface area contributed by atoms with Crippen LogP contribution in [0.1, 0.15) is 24.3 Å². The van der Waals surface area contributed by atoms with E-state index in [4.69, 9.17) is 0 Å². The third-order valence-electron chi connectivity index (χ3n) is 9.15. The summed E-state index contributed by atoms with van der Waals surface area (Å²) in [5, 5.41) is 9.90. The number of hydrogen-bond acceptors (Lipinski definition) is 5. The topological polar surface area (TPSA) is 95.0 Å². The van der Waals surface area contributed by atoms with E-state index in [1.807, 2.05) is 6.08 Å². The lowest BCUT2D eigenvalue weighted by Gasteiger charge is -2.44. The van der Waals surface area contributed by atoms with Gasteiger partial charge in [-0.3, -0.25) is 29.0 Å². The van der Waals surface area contributed by atoms with Crippen molar-refractivity contribution >= 4 is 66.9 Å². The number of phenolic OH excluding ortho intramolecular Hbond substituents is 1. The van der Waals surface area contributed by atoms with E-state index in [2.05, 4.69) is 31.9 Å². The molecule has 6 unspecified atom stereocenters. The molecule has 10 heteroatoms. The Morgan fingerprint density at radius 1 is 0.690 bits per heavy atom. The number of halogens is 3. The van der Waals surface area contributed by atoms with E-state index in [9.17, 15) is 28.7 Å². The van der Waals surface area contributed by atoms with Crippen LogP contribution >= 0.6 is 31.9 Å². The molecule has 6 atom stereocenters. The number of imide groups is 2. The quantitative estimate of drug-likeness (QED) is 0.264. The van der Waals surface area contributed by atoms with Crippen molar-refractivity contribution in [3.63, 3.8) is 0 Å². The highest BCUT2D eigenvalue weighted by Gasteiger charge is 2.62. The Labute approximate surface area is 257 Å². The molecule has 0 spiro atoms. The first-order valence-corrected chi connectivity index (χ1v) is 15.2. The fraction of sp³-hybridized carbons (Fsp3) is 0.250. The maximum absolute atomic E-state index is 14.7. The lowest BCUT2D eigenvalue weighted by molar-refractivity contribution is -0.126. The molecule has 0 bridgehead atoms. The molecule has 3 aromatic rings. The zero-order valence-corrected chi connectivity index (χ0v) is 25.1. The number of phenols is 1. The minimum absolute atomic E-state index is 0.222. The van der Waals surface area contributed by atoms with Gasteiger partial charge in [-0.15, -0.1) is 0 Å². The van der Waals surface area contributed by atoms with Crippen molar-refractivity contribution in [2.75, 3.05) is 9.80 Å². The zero-order valence-electron chi connectivity index (χ0n) is 21.9. The Morgan fingerprint density at radius 2 is 1.24 bits per heavy atom. The zero-order chi connectivity index (χ0) is 29.4. The summed E-state index contributed by atoms with van der Waals surface area (Å²) in [6.45, 7) is 0. The van der Waals surface area contributed by atoms with Crippen LogP contribution in [0, 0.1) is 35.4 Å². The molecule has 4 aliphatic rings. The van der Waals surface area contributed by atoms with Gasteiger partial charge in [0.2, 0.25) is 23.6 Å². The summed E-state index contributed by atoms with van der Waals surface area (Å²) < 4.78 is 16.3. The van der Waals surface area contributed by atoms with Crippen molar-refractivity contribution in [1.29, 1.82) is 0 Å². The average Bonchev–Trinajstić information content (AvgIpc) is 3.38. The van der Waals surface area contributed by atoms with Crippen LogP contribution in [-0.2, 0) is 19.2 Å². The highest BCUT2D eigenvalue weighted by Crippen LogP contribution is 2.58. The fourth-order valence-corrected chi connectivity index (χ4v) is 7.90. The van der Waals surface area contributed by atoms with E-state index in [1.165, 1.54) is 21.9 Å². The number of hydrogen-bond donors (Lipinski definition) is 1. The Hall–Kier alpha value is -3.63. The molecule has 1 saturated carbocycles. The number of amides is 4. The summed E-state index contributed by atoms with van der Waals surface area (Å²) in [6, 6.07) is 17.8. The molecule has 42 heavy (non-hydrogen) atoms. The van der Waals surface area contributed by atoms with Gasteiger partial charge in [-0.25, -0.2) is 4.39 Å². The van der Waals surface area contributed by atoms with Crippen LogP contribution in [0.5, 0.6) is 5.75 Å². The summed E-state index contributed by atoms with van der Waals surface area (Å²) >= 11 is 6.77. The summed E-state index contributed by atoms with van der Waals surface area (Å²) in [5.41, 5.74) is 2.11. The Balaban J connectivity index is 1.33. The molecule has 2 aliphatic heterocycles. The highest BCUT2D eigenvalue weighted by atomic mass is 79.9. The largest absolute Gasteiger partial charge is 0.505 e. The van der Waals surface area contributed by atoms with Gasteiger partial charge in [0.05, 0.1) is 35.0 Å². The first-order chi connectivity index (χ1) is 20.2. The van der Waals surface area contributed by atoms with Crippen molar-refractivity contribution in [3.8, 4) is 5.75 Å². The number of fused-ring (bicyclic) bond motifs is 4. The van der Waals surface area contributed by atoms with Gasteiger partial charge < -0.3 is 5.11 Å². The maximum atomic E-state index is 14.7. The Bertz CT molecular complexity index is 1710. The molecule has 2 saturated heterocycles. The normalized spacial score (nSPS) is 28.5. The average molecular weight is 694 g/mol. The second-order valence-corrected chi connectivity index (χ2v) is 13.0. The van der Waals surface area contributed by atoms with Gasteiger partial charge in [-0.1, -0.05) is 49.6 Å². The number of nitrogens with zero attached hydrogens (tertiary/aromatic N) is 2. The summed E-state index contributed by atoms with van der Waals surface area (Å²) in [7, 11) is 0. The molecule has 2 heterocycles. The van der Waals surface area contributed by atoms with Gasteiger partial charge in [0, 0.05) is 14.9 Å². The lowest BCUT2D eigenvalue weighted by atomic mass is 9.57. The second kappa shape index (κ2) is 9.98. The van der Waals surface area contributed by atoms with E-state index in [1.54, 1.807) is 54.6 Å². The highest BCUT2D eigenvalue weighted by molar-refractivity contribution is 9.10. The fourth-order valence-electron chi connectivity index (χ4n) is 7.37. The van der Waals surface area contributed by atoms with Crippen LogP contribution in [0.4, 0.5) is 15.8 Å². The van der Waals surface area contributed by atoms with E-state index < -0.39 is 53.0 Å². The van der Waals surface area contributed by atoms with Crippen LogP contribution < -0.4 is 9.80 Å². The maximum Gasteiger partial charge on any atom is 0.238 e. The van der Waals surface area contributed by atoms with Crippen molar-refractivity contribution in [2.24, 2.45) is 29.6 Å². The summed E-state index contributed by atoms with van der Waals surface area (Å²) in [4.78, 5) is 58.0. The van der Waals surface area contributed by atoms with E-state index >= 15 is 0 Å². The Kier molecular flexibility index (Phi) is 6.47. The third-order valence-corrected chi connectivity index (χ3v) is 10.2. The van der Waals surface area contributed by atoms with Gasteiger partial charge in [0.15, 0.2) is 11.6 Å². The van der Waals surface area contributed by atoms with Crippen molar-refractivity contribution in [1.82, 2.24) is 0 Å². The lowest BCUT2D eigenvalue weighted by Crippen LogP contribution is -2.43. The van der Waals surface area contributed by atoms with Crippen molar-refractivity contribution in [2.45, 2.75) is 18.8 Å². The molecule has 2 aliphatic carbocycles. The molecule has 4 amide bonds. The van der Waals surface area contributed by atoms with Crippen LogP contribution in [-0.4, -0.2) is 28.7 Å². The molecule has 3 aromatic carbocycles. The van der Waals surface area contributed by atoms with E-state index in [-0.39, 0.29) is 24.1 Å². The molecule has 1 N–H and O–H groups in total. The molecule has 7 nitrogen and oxygen atoms in total. The molecule has 212 valence electrons. The number of aromatic hydroxyl groups is 1. The second-order valence-electron chi connectivity index (χ2n) is 11.2. The molecule has 3 fully saturated rings. The van der Waals surface area contributed by atoms with Crippen LogP contribution in [0.15, 0.2) is 87.3 Å². The van der Waals surface area contributed by atoms with Crippen molar-refractivity contribution in [3.05, 3.63) is 98.7 Å². The Morgan fingerprint density at radius 3 is 1.81 bits per heavy atom.